The SMILES string of the molecule is CCOC(=O)/C=C/c1cnc(-c2ccc(O)cc2C23CC4CC(C2)C(=O)C(C4)C3)nc1. The van der Waals surface area contributed by atoms with Crippen molar-refractivity contribution < 1.29 is 19.4 Å². The molecule has 4 aliphatic rings. The van der Waals surface area contributed by atoms with E-state index in [1.54, 1.807) is 31.5 Å². The lowest BCUT2D eigenvalue weighted by molar-refractivity contribution is -0.142. The number of phenols is 1. The second-order valence-electron chi connectivity index (χ2n) is 9.18. The van der Waals surface area contributed by atoms with Crippen LogP contribution in [0.4, 0.5) is 0 Å². The Balaban J connectivity index is 1.48. The molecule has 6 nitrogen and oxygen atoms in total. The zero-order valence-corrected chi connectivity index (χ0v) is 17.6. The van der Waals surface area contributed by atoms with Crippen LogP contribution in [0, 0.1) is 17.8 Å². The smallest absolute Gasteiger partial charge is 0.330 e. The van der Waals surface area contributed by atoms with E-state index in [1.807, 2.05) is 12.1 Å². The number of esters is 1. The van der Waals surface area contributed by atoms with Gasteiger partial charge in [0.1, 0.15) is 11.5 Å². The summed E-state index contributed by atoms with van der Waals surface area (Å²) in [6.45, 7) is 2.09. The Hall–Kier alpha value is -3.02. The predicted octanol–water partition coefficient (Wildman–Crippen LogP) is 4.07. The van der Waals surface area contributed by atoms with Crippen molar-refractivity contribution in [2.45, 2.75) is 44.4 Å². The summed E-state index contributed by atoms with van der Waals surface area (Å²) >= 11 is 0. The number of hydrogen-bond acceptors (Lipinski definition) is 6. The summed E-state index contributed by atoms with van der Waals surface area (Å²) in [5, 5.41) is 10.3. The number of hydrogen-bond donors (Lipinski definition) is 1. The topological polar surface area (TPSA) is 89.4 Å². The molecule has 6 heteroatoms. The van der Waals surface area contributed by atoms with Gasteiger partial charge in [0.2, 0.25) is 0 Å². The van der Waals surface area contributed by atoms with Crippen LogP contribution in [0.15, 0.2) is 36.7 Å². The fraction of sp³-hybridized carbons (Fsp3) is 0.440. The van der Waals surface area contributed by atoms with Crippen LogP contribution in [0.2, 0.25) is 0 Å². The fourth-order valence-corrected chi connectivity index (χ4v) is 6.16. The molecule has 1 aromatic carbocycles. The lowest BCUT2D eigenvalue weighted by atomic mass is 9.47. The largest absolute Gasteiger partial charge is 0.508 e. The first-order chi connectivity index (χ1) is 15.0. The van der Waals surface area contributed by atoms with Gasteiger partial charge in [-0.1, -0.05) is 0 Å². The highest BCUT2D eigenvalue weighted by Gasteiger charge is 2.56. The summed E-state index contributed by atoms with van der Waals surface area (Å²) in [5.41, 5.74) is 2.59. The van der Waals surface area contributed by atoms with Crippen LogP contribution in [0.25, 0.3) is 17.5 Å². The molecule has 31 heavy (non-hydrogen) atoms. The first-order valence-corrected chi connectivity index (χ1v) is 11.0. The Morgan fingerprint density at radius 3 is 2.58 bits per heavy atom. The molecule has 4 bridgehead atoms. The number of nitrogens with zero attached hydrogens (tertiary/aromatic N) is 2. The Morgan fingerprint density at radius 1 is 1.19 bits per heavy atom. The third-order valence-corrected chi connectivity index (χ3v) is 7.18. The number of ketones is 1. The van der Waals surface area contributed by atoms with Crippen LogP contribution in [0.5, 0.6) is 5.75 Å². The van der Waals surface area contributed by atoms with E-state index in [0.717, 1.165) is 43.2 Å². The van der Waals surface area contributed by atoms with Crippen molar-refractivity contribution in [3.63, 3.8) is 0 Å². The van der Waals surface area contributed by atoms with E-state index in [2.05, 4.69) is 9.97 Å². The summed E-state index contributed by atoms with van der Waals surface area (Å²) in [7, 11) is 0. The minimum absolute atomic E-state index is 0.0929. The Morgan fingerprint density at radius 2 is 1.90 bits per heavy atom. The molecule has 0 saturated heterocycles. The minimum Gasteiger partial charge on any atom is -0.508 e. The number of aromatic hydroxyl groups is 1. The van der Waals surface area contributed by atoms with Gasteiger partial charge in [-0.25, -0.2) is 14.8 Å². The first kappa shape index (κ1) is 19.9. The van der Waals surface area contributed by atoms with Gasteiger partial charge in [0.05, 0.1) is 6.61 Å². The molecular weight excluding hydrogens is 392 g/mol. The van der Waals surface area contributed by atoms with Crippen molar-refractivity contribution >= 4 is 17.8 Å². The van der Waals surface area contributed by atoms with Crippen molar-refractivity contribution in [3.8, 4) is 17.1 Å². The zero-order chi connectivity index (χ0) is 21.6. The summed E-state index contributed by atoms with van der Waals surface area (Å²) in [5.74, 6) is 1.75. The van der Waals surface area contributed by atoms with Crippen molar-refractivity contribution in [2.24, 2.45) is 17.8 Å². The molecule has 1 aromatic heterocycles. The molecule has 1 N–H and O–H groups in total. The second-order valence-corrected chi connectivity index (χ2v) is 9.18. The number of rotatable bonds is 5. The molecule has 0 aliphatic heterocycles. The number of ether oxygens (including phenoxy) is 1. The van der Waals surface area contributed by atoms with Gasteiger partial charge in [-0.3, -0.25) is 4.79 Å². The van der Waals surface area contributed by atoms with Gasteiger partial charge in [0.15, 0.2) is 5.82 Å². The molecule has 4 fully saturated rings. The number of aromatic nitrogens is 2. The standard InChI is InChI=1S/C25H26N2O4/c1-2-31-22(29)6-3-15-13-26-24(27-14-15)20-5-4-19(28)9-21(20)25-10-16-7-17(11-25)23(30)18(8-16)12-25/h3-6,9,13-14,16-18,28H,2,7-8,10-12H2,1H3/b6-3+. The zero-order valence-electron chi connectivity index (χ0n) is 17.6. The Bertz CT molecular complexity index is 1040. The van der Waals surface area contributed by atoms with Gasteiger partial charge in [-0.15, -0.1) is 0 Å². The van der Waals surface area contributed by atoms with E-state index >= 15 is 0 Å². The molecule has 1 heterocycles. The fourth-order valence-electron chi connectivity index (χ4n) is 6.16. The van der Waals surface area contributed by atoms with E-state index in [1.165, 1.54) is 6.08 Å². The number of carbonyl (C=O) groups is 2. The number of Topliss-reactive ketones (excluding diaryl/α,β-unsaturated/α-hetero) is 1. The van der Waals surface area contributed by atoms with Crippen molar-refractivity contribution in [2.75, 3.05) is 6.61 Å². The molecule has 0 amide bonds. The Kier molecular flexibility index (Phi) is 4.88. The molecule has 4 saturated carbocycles. The highest BCUT2D eigenvalue weighted by atomic mass is 16.5. The van der Waals surface area contributed by atoms with E-state index in [9.17, 15) is 14.7 Å². The van der Waals surface area contributed by atoms with Crippen LogP contribution in [0.3, 0.4) is 0 Å². The molecule has 2 atom stereocenters. The maximum absolute atomic E-state index is 12.6. The Labute approximate surface area is 181 Å². The van der Waals surface area contributed by atoms with Crippen LogP contribution in [-0.2, 0) is 19.7 Å². The molecule has 0 spiro atoms. The van der Waals surface area contributed by atoms with Gasteiger partial charge in [-0.05, 0) is 80.2 Å². The number of benzene rings is 1. The second kappa shape index (κ2) is 7.59. The van der Waals surface area contributed by atoms with E-state index in [0.29, 0.717) is 29.7 Å². The molecule has 0 radical (unpaired) electrons. The van der Waals surface area contributed by atoms with E-state index in [4.69, 9.17) is 4.74 Å². The summed E-state index contributed by atoms with van der Waals surface area (Å²) in [4.78, 5) is 33.2. The molecule has 6 rings (SSSR count). The number of phenolic OH excluding ortho intramolecular Hbond substituents is 1. The third kappa shape index (κ3) is 3.54. The van der Waals surface area contributed by atoms with Crippen LogP contribution < -0.4 is 0 Å². The van der Waals surface area contributed by atoms with Gasteiger partial charge in [-0.2, -0.15) is 0 Å². The highest BCUT2D eigenvalue weighted by Crippen LogP contribution is 2.60. The summed E-state index contributed by atoms with van der Waals surface area (Å²) in [6.07, 6.45) is 11.2. The first-order valence-electron chi connectivity index (χ1n) is 11.0. The molecule has 2 unspecified atom stereocenters. The van der Waals surface area contributed by atoms with Gasteiger partial charge >= 0.3 is 5.97 Å². The maximum Gasteiger partial charge on any atom is 0.330 e. The van der Waals surface area contributed by atoms with Crippen LogP contribution in [-0.4, -0.2) is 33.4 Å². The molecule has 2 aromatic rings. The van der Waals surface area contributed by atoms with Gasteiger partial charge < -0.3 is 9.84 Å². The van der Waals surface area contributed by atoms with Crippen molar-refractivity contribution in [1.29, 1.82) is 0 Å². The lowest BCUT2D eigenvalue weighted by Crippen LogP contribution is -2.53. The quantitative estimate of drug-likeness (QED) is 0.582. The average Bonchev–Trinajstić information content (AvgIpc) is 2.76. The van der Waals surface area contributed by atoms with Crippen molar-refractivity contribution in [1.82, 2.24) is 9.97 Å². The summed E-state index contributed by atoms with van der Waals surface area (Å²) in [6, 6.07) is 5.40. The lowest BCUT2D eigenvalue weighted by Gasteiger charge is -2.56. The predicted molar refractivity (Wildman–Crippen MR) is 115 cm³/mol. The van der Waals surface area contributed by atoms with Crippen molar-refractivity contribution in [3.05, 3.63) is 47.8 Å². The van der Waals surface area contributed by atoms with Crippen LogP contribution in [0.1, 0.15) is 50.2 Å². The van der Waals surface area contributed by atoms with Gasteiger partial charge in [0.25, 0.3) is 0 Å². The van der Waals surface area contributed by atoms with E-state index < -0.39 is 5.97 Å². The normalized spacial score (nSPS) is 28.9. The monoisotopic (exact) mass is 418 g/mol. The van der Waals surface area contributed by atoms with E-state index in [-0.39, 0.29) is 23.0 Å². The number of carbonyl (C=O) groups excluding carboxylic acids is 2. The average molecular weight is 418 g/mol. The third-order valence-electron chi connectivity index (χ3n) is 7.18. The van der Waals surface area contributed by atoms with Gasteiger partial charge in [0, 0.05) is 41.4 Å². The summed E-state index contributed by atoms with van der Waals surface area (Å²) < 4.78 is 4.89. The molecule has 160 valence electrons. The molecular formula is C25H26N2O4. The molecule has 4 aliphatic carbocycles. The maximum atomic E-state index is 12.6. The van der Waals surface area contributed by atoms with Crippen LogP contribution >= 0.6 is 0 Å². The minimum atomic E-state index is -0.399. The highest BCUT2D eigenvalue weighted by molar-refractivity contribution is 5.87.